The summed E-state index contributed by atoms with van der Waals surface area (Å²) in [6, 6.07) is 9.55. The van der Waals surface area contributed by atoms with Gasteiger partial charge in [-0.05, 0) is 31.9 Å². The second-order valence-electron chi connectivity index (χ2n) is 6.00. The maximum absolute atomic E-state index is 11.7. The average Bonchev–Trinajstić information content (AvgIpc) is 2.62. The molecule has 0 amide bonds. The van der Waals surface area contributed by atoms with E-state index < -0.39 is 17.2 Å². The van der Waals surface area contributed by atoms with Gasteiger partial charge in [0.2, 0.25) is 0 Å². The number of carbonyl (C=O) groups excluding carboxylic acids is 3. The molecule has 0 saturated carbocycles. The van der Waals surface area contributed by atoms with Gasteiger partial charge in [0, 0.05) is 0 Å². The Bertz CT molecular complexity index is 641. The number of allylic oxidation sites excluding steroid dienone is 2. The first-order chi connectivity index (χ1) is 11.9. The van der Waals surface area contributed by atoms with Crippen LogP contribution in [0.15, 0.2) is 48.6 Å². The minimum atomic E-state index is -0.977. The Morgan fingerprint density at radius 3 is 2.28 bits per heavy atom. The maximum atomic E-state index is 11.7. The van der Waals surface area contributed by atoms with Crippen LogP contribution in [0.5, 0.6) is 0 Å². The van der Waals surface area contributed by atoms with Gasteiger partial charge in [-0.1, -0.05) is 55.5 Å². The molecule has 134 valence electrons. The predicted octanol–water partition coefficient (Wildman–Crippen LogP) is 3.35. The number of benzene rings is 1. The molecule has 0 aliphatic heterocycles. The molecule has 0 heterocycles. The summed E-state index contributed by atoms with van der Waals surface area (Å²) >= 11 is 0. The Morgan fingerprint density at radius 2 is 1.64 bits per heavy atom. The van der Waals surface area contributed by atoms with E-state index >= 15 is 0 Å². The fourth-order valence-electron chi connectivity index (χ4n) is 1.62. The molecule has 0 bridgehead atoms. The number of hydrogen-bond donors (Lipinski definition) is 0. The van der Waals surface area contributed by atoms with Gasteiger partial charge in [-0.3, -0.25) is 9.59 Å². The lowest BCUT2D eigenvalue weighted by Crippen LogP contribution is -2.27. The number of ketones is 1. The summed E-state index contributed by atoms with van der Waals surface area (Å²) in [6.45, 7) is 5.22. The van der Waals surface area contributed by atoms with Gasteiger partial charge in [-0.2, -0.15) is 0 Å². The highest BCUT2D eigenvalue weighted by molar-refractivity contribution is 6.38. The molecule has 0 aliphatic carbocycles. The summed E-state index contributed by atoms with van der Waals surface area (Å²) in [5.41, 5.74) is 0.409. The van der Waals surface area contributed by atoms with Gasteiger partial charge in [-0.15, -0.1) is 0 Å². The van der Waals surface area contributed by atoms with Crippen LogP contribution in [-0.2, 0) is 23.9 Å². The normalized spacial score (nSPS) is 11.6. The molecule has 0 atom stereocenters. The summed E-state index contributed by atoms with van der Waals surface area (Å²) in [5, 5.41) is 0. The topological polar surface area (TPSA) is 69.7 Å². The lowest BCUT2D eigenvalue weighted by Gasteiger charge is -2.20. The number of hydrogen-bond acceptors (Lipinski definition) is 5. The molecular formula is C20H24O5. The molecule has 0 radical (unpaired) electrons. The van der Waals surface area contributed by atoms with Gasteiger partial charge in [0.1, 0.15) is 13.2 Å². The lowest BCUT2D eigenvalue weighted by molar-refractivity contribution is -0.160. The van der Waals surface area contributed by atoms with Crippen molar-refractivity contribution in [3.8, 4) is 0 Å². The van der Waals surface area contributed by atoms with Crippen molar-refractivity contribution in [3.63, 3.8) is 0 Å². The Labute approximate surface area is 148 Å². The molecule has 0 fully saturated rings. The van der Waals surface area contributed by atoms with E-state index in [1.807, 2.05) is 43.3 Å². The molecule has 1 aromatic carbocycles. The quantitative estimate of drug-likeness (QED) is 0.226. The first-order valence-corrected chi connectivity index (χ1v) is 8.15. The van der Waals surface area contributed by atoms with Gasteiger partial charge in [-0.25, -0.2) is 4.79 Å². The van der Waals surface area contributed by atoms with Crippen molar-refractivity contribution in [1.82, 2.24) is 0 Å². The summed E-state index contributed by atoms with van der Waals surface area (Å²) in [6.07, 6.45) is 6.72. The third-order valence-corrected chi connectivity index (χ3v) is 3.63. The van der Waals surface area contributed by atoms with Gasteiger partial charge in [0.25, 0.3) is 5.78 Å². The molecule has 0 aliphatic rings. The number of esters is 2. The molecule has 0 unspecified atom stereocenters. The average molecular weight is 344 g/mol. The van der Waals surface area contributed by atoms with Crippen LogP contribution < -0.4 is 0 Å². The number of carbonyl (C=O) groups is 3. The molecule has 5 nitrogen and oxygen atoms in total. The Morgan fingerprint density at radius 1 is 1.00 bits per heavy atom. The second kappa shape index (κ2) is 10.2. The van der Waals surface area contributed by atoms with E-state index in [0.29, 0.717) is 6.42 Å². The van der Waals surface area contributed by atoms with Crippen LogP contribution in [0.25, 0.3) is 6.08 Å². The van der Waals surface area contributed by atoms with Crippen LogP contribution in [-0.4, -0.2) is 30.9 Å². The van der Waals surface area contributed by atoms with Crippen molar-refractivity contribution in [3.05, 3.63) is 54.1 Å². The zero-order chi connectivity index (χ0) is 18.7. The van der Waals surface area contributed by atoms with E-state index in [2.05, 4.69) is 0 Å². The maximum Gasteiger partial charge on any atom is 0.379 e. The van der Waals surface area contributed by atoms with Crippen molar-refractivity contribution < 1.29 is 23.9 Å². The van der Waals surface area contributed by atoms with Crippen LogP contribution >= 0.6 is 0 Å². The highest BCUT2D eigenvalue weighted by Crippen LogP contribution is 2.21. The van der Waals surface area contributed by atoms with E-state index in [9.17, 15) is 14.4 Å². The first-order valence-electron chi connectivity index (χ1n) is 8.15. The standard InChI is InChI=1S/C20H24O5/c1-4-20(2,3)19(23)25-15-14-24-18(22)17(21)13-9-8-12-16-10-6-5-7-11-16/h5-13H,4,14-15H2,1-3H3/b12-8+,13-9+. The molecule has 1 aromatic rings. The van der Waals surface area contributed by atoms with E-state index in [1.54, 1.807) is 19.9 Å². The molecular weight excluding hydrogens is 320 g/mol. The minimum Gasteiger partial charge on any atom is -0.462 e. The van der Waals surface area contributed by atoms with Crippen LogP contribution in [0.2, 0.25) is 0 Å². The van der Waals surface area contributed by atoms with E-state index in [4.69, 9.17) is 9.47 Å². The van der Waals surface area contributed by atoms with Crippen LogP contribution in [0.3, 0.4) is 0 Å². The van der Waals surface area contributed by atoms with Crippen LogP contribution in [0, 0.1) is 5.41 Å². The van der Waals surface area contributed by atoms with Gasteiger partial charge in [0.05, 0.1) is 5.41 Å². The Kier molecular flexibility index (Phi) is 8.33. The molecule has 25 heavy (non-hydrogen) atoms. The molecule has 0 aromatic heterocycles. The summed E-state index contributed by atoms with van der Waals surface area (Å²) in [7, 11) is 0. The van der Waals surface area contributed by atoms with Crippen molar-refractivity contribution in [1.29, 1.82) is 0 Å². The number of ether oxygens (including phenoxy) is 2. The highest BCUT2D eigenvalue weighted by Gasteiger charge is 2.26. The van der Waals surface area contributed by atoms with Crippen LogP contribution in [0.4, 0.5) is 0 Å². The summed E-state index contributed by atoms with van der Waals surface area (Å²) in [5.74, 6) is -2.10. The first kappa shape index (κ1) is 20.4. The smallest absolute Gasteiger partial charge is 0.379 e. The van der Waals surface area contributed by atoms with Crippen LogP contribution in [0.1, 0.15) is 32.8 Å². The molecule has 0 N–H and O–H groups in total. The highest BCUT2D eigenvalue weighted by atomic mass is 16.6. The third kappa shape index (κ3) is 7.61. The van der Waals surface area contributed by atoms with E-state index in [-0.39, 0.29) is 19.2 Å². The SMILES string of the molecule is CCC(C)(C)C(=O)OCCOC(=O)C(=O)/C=C/C=C/c1ccccc1. The second-order valence-corrected chi connectivity index (χ2v) is 6.00. The minimum absolute atomic E-state index is 0.0705. The van der Waals surface area contributed by atoms with E-state index in [0.717, 1.165) is 11.6 Å². The molecule has 0 spiro atoms. The fourth-order valence-corrected chi connectivity index (χ4v) is 1.62. The van der Waals surface area contributed by atoms with Gasteiger partial charge >= 0.3 is 11.9 Å². The lowest BCUT2D eigenvalue weighted by atomic mass is 9.91. The molecule has 1 rings (SSSR count). The molecule has 0 saturated heterocycles. The fraction of sp³-hybridized carbons (Fsp3) is 0.350. The predicted molar refractivity (Wildman–Crippen MR) is 95.6 cm³/mol. The summed E-state index contributed by atoms with van der Waals surface area (Å²) < 4.78 is 9.79. The van der Waals surface area contributed by atoms with Gasteiger partial charge in [0.15, 0.2) is 0 Å². The third-order valence-electron chi connectivity index (χ3n) is 3.63. The monoisotopic (exact) mass is 344 g/mol. The summed E-state index contributed by atoms with van der Waals surface area (Å²) in [4.78, 5) is 34.8. The number of rotatable bonds is 9. The van der Waals surface area contributed by atoms with E-state index in [1.165, 1.54) is 6.08 Å². The largest absolute Gasteiger partial charge is 0.462 e. The Hall–Kier alpha value is -2.69. The van der Waals surface area contributed by atoms with Crippen molar-refractivity contribution >= 4 is 23.8 Å². The Balaban J connectivity index is 2.30. The van der Waals surface area contributed by atoms with Crippen molar-refractivity contribution in [2.75, 3.05) is 13.2 Å². The van der Waals surface area contributed by atoms with Gasteiger partial charge < -0.3 is 9.47 Å². The van der Waals surface area contributed by atoms with Crippen molar-refractivity contribution in [2.24, 2.45) is 5.41 Å². The van der Waals surface area contributed by atoms with Crippen molar-refractivity contribution in [2.45, 2.75) is 27.2 Å². The molecule has 5 heteroatoms. The zero-order valence-electron chi connectivity index (χ0n) is 14.9. The zero-order valence-corrected chi connectivity index (χ0v) is 14.9.